The average Bonchev–Trinajstić information content (AvgIpc) is 3.47. The van der Waals surface area contributed by atoms with E-state index >= 15 is 0 Å². The number of hydrogen-bond acceptors (Lipinski definition) is 4. The number of hydrogen-bond donors (Lipinski definition) is 1. The number of likely N-dealkylation sites (tertiary alicyclic amines) is 1. The maximum Gasteiger partial charge on any atom is 0.261 e. The number of piperidine rings is 1. The Balaban J connectivity index is 0.00000196. The van der Waals surface area contributed by atoms with Crippen LogP contribution >= 0.6 is 12.4 Å². The van der Waals surface area contributed by atoms with E-state index in [1.54, 1.807) is 6.07 Å². The van der Waals surface area contributed by atoms with Crippen LogP contribution in [0.2, 0.25) is 0 Å². The maximum atomic E-state index is 12.6. The normalized spacial score (nSPS) is 17.9. The molecule has 1 aliphatic heterocycles. The number of para-hydroxylation sites is 1. The Bertz CT molecular complexity index is 826. The summed E-state index contributed by atoms with van der Waals surface area (Å²) in [6.45, 7) is 2.71. The van der Waals surface area contributed by atoms with Gasteiger partial charge in [-0.1, -0.05) is 12.1 Å². The van der Waals surface area contributed by atoms with Crippen LogP contribution in [0.3, 0.4) is 0 Å². The zero-order valence-corrected chi connectivity index (χ0v) is 15.6. The minimum absolute atomic E-state index is 0. The summed E-state index contributed by atoms with van der Waals surface area (Å²) in [5.74, 6) is 0.881. The molecule has 1 aromatic heterocycles. The summed E-state index contributed by atoms with van der Waals surface area (Å²) >= 11 is 0. The van der Waals surface area contributed by atoms with E-state index in [2.05, 4.69) is 10.3 Å². The molecule has 2 aromatic rings. The molecule has 7 heteroatoms. The van der Waals surface area contributed by atoms with Gasteiger partial charge in [0.05, 0.1) is 17.2 Å². The molecule has 1 aromatic carbocycles. The molecule has 1 amide bonds. The zero-order chi connectivity index (χ0) is 17.2. The molecule has 1 saturated heterocycles. The van der Waals surface area contributed by atoms with Gasteiger partial charge in [0.25, 0.3) is 5.56 Å². The lowest BCUT2D eigenvalue weighted by molar-refractivity contribution is -0.133. The third-order valence-corrected chi connectivity index (χ3v) is 5.28. The molecule has 2 heterocycles. The molecule has 0 bridgehead atoms. The van der Waals surface area contributed by atoms with Crippen LogP contribution in [0.5, 0.6) is 0 Å². The summed E-state index contributed by atoms with van der Waals surface area (Å²) in [4.78, 5) is 31.2. The van der Waals surface area contributed by atoms with Crippen LogP contribution in [0.15, 0.2) is 35.4 Å². The topological polar surface area (TPSA) is 67.2 Å². The summed E-state index contributed by atoms with van der Waals surface area (Å²) in [6.07, 6.45) is 6.18. The summed E-state index contributed by atoms with van der Waals surface area (Å²) < 4.78 is 1.42. The second kappa shape index (κ2) is 8.18. The lowest BCUT2D eigenvalue weighted by Gasteiger charge is -2.32. The first-order chi connectivity index (χ1) is 12.2. The Morgan fingerprint density at radius 2 is 1.88 bits per heavy atom. The van der Waals surface area contributed by atoms with E-state index in [4.69, 9.17) is 0 Å². The molecule has 0 spiro atoms. The lowest BCUT2D eigenvalue weighted by atomic mass is 10.0. The van der Waals surface area contributed by atoms with Gasteiger partial charge in [-0.2, -0.15) is 0 Å². The molecule has 2 fully saturated rings. The molecule has 0 atom stereocenters. The van der Waals surface area contributed by atoms with Crippen molar-refractivity contribution in [3.63, 3.8) is 0 Å². The highest BCUT2D eigenvalue weighted by atomic mass is 35.5. The van der Waals surface area contributed by atoms with E-state index < -0.39 is 0 Å². The fraction of sp³-hybridized carbons (Fsp3) is 0.526. The Labute approximate surface area is 159 Å². The van der Waals surface area contributed by atoms with Crippen LogP contribution in [-0.4, -0.2) is 46.0 Å². The number of nitrogens with one attached hydrogen (secondary N) is 1. The smallest absolute Gasteiger partial charge is 0.261 e. The Morgan fingerprint density at radius 3 is 2.62 bits per heavy atom. The van der Waals surface area contributed by atoms with Crippen LogP contribution in [0.25, 0.3) is 10.9 Å². The standard InChI is InChI=1S/C19H24N4O2.ClH/c24-18(22-9-7-15(8-10-22)20-11-14-5-6-14)12-23-13-21-17-4-2-1-3-16(17)19(23)25;/h1-4,13-15,20H,5-12H2;1H. The predicted octanol–water partition coefficient (Wildman–Crippen LogP) is 1.81. The van der Waals surface area contributed by atoms with Gasteiger partial charge in [0, 0.05) is 19.1 Å². The molecule has 6 nitrogen and oxygen atoms in total. The first kappa shape index (κ1) is 18.9. The first-order valence-electron chi connectivity index (χ1n) is 9.16. The van der Waals surface area contributed by atoms with Gasteiger partial charge in [0.15, 0.2) is 0 Å². The van der Waals surface area contributed by atoms with E-state index in [-0.39, 0.29) is 30.4 Å². The van der Waals surface area contributed by atoms with Crippen molar-refractivity contribution < 1.29 is 4.79 Å². The average molecular weight is 377 g/mol. The fourth-order valence-electron chi connectivity index (χ4n) is 3.45. The number of aromatic nitrogens is 2. The number of carbonyl (C=O) groups excluding carboxylic acids is 1. The van der Waals surface area contributed by atoms with Crippen molar-refractivity contribution in [3.05, 3.63) is 40.9 Å². The van der Waals surface area contributed by atoms with Crippen molar-refractivity contribution >= 4 is 29.2 Å². The van der Waals surface area contributed by atoms with Crippen molar-refractivity contribution in [2.75, 3.05) is 19.6 Å². The van der Waals surface area contributed by atoms with Crippen LogP contribution in [0, 0.1) is 5.92 Å². The molecule has 1 aliphatic carbocycles. The number of nitrogens with zero attached hydrogens (tertiary/aromatic N) is 3. The number of benzene rings is 1. The first-order valence-corrected chi connectivity index (χ1v) is 9.16. The SMILES string of the molecule is Cl.O=C(Cn1cnc2ccccc2c1=O)N1CCC(NCC2CC2)CC1. The van der Waals surface area contributed by atoms with Gasteiger partial charge in [-0.3, -0.25) is 14.2 Å². The number of fused-ring (bicyclic) bond motifs is 1. The number of halogens is 1. The van der Waals surface area contributed by atoms with Gasteiger partial charge < -0.3 is 10.2 Å². The molecule has 0 unspecified atom stereocenters. The van der Waals surface area contributed by atoms with Crippen molar-refractivity contribution in [3.8, 4) is 0 Å². The second-order valence-corrected chi connectivity index (χ2v) is 7.20. The highest BCUT2D eigenvalue weighted by Gasteiger charge is 2.26. The molecule has 4 rings (SSSR count). The van der Waals surface area contributed by atoms with Crippen LogP contribution in [-0.2, 0) is 11.3 Å². The summed E-state index contributed by atoms with van der Waals surface area (Å²) in [5.41, 5.74) is 0.513. The lowest BCUT2D eigenvalue weighted by Crippen LogP contribution is -2.46. The van der Waals surface area contributed by atoms with Crippen molar-refractivity contribution in [1.29, 1.82) is 0 Å². The second-order valence-electron chi connectivity index (χ2n) is 7.20. The molecule has 140 valence electrons. The molecule has 2 aliphatic rings. The third kappa shape index (κ3) is 4.24. The summed E-state index contributed by atoms with van der Waals surface area (Å²) in [7, 11) is 0. The van der Waals surface area contributed by atoms with Crippen LogP contribution in [0.4, 0.5) is 0 Å². The minimum atomic E-state index is -0.153. The molecular weight excluding hydrogens is 352 g/mol. The highest BCUT2D eigenvalue weighted by Crippen LogP contribution is 2.28. The Morgan fingerprint density at radius 1 is 1.15 bits per heavy atom. The zero-order valence-electron chi connectivity index (χ0n) is 14.8. The fourth-order valence-corrected chi connectivity index (χ4v) is 3.45. The highest BCUT2D eigenvalue weighted by molar-refractivity contribution is 5.85. The van der Waals surface area contributed by atoms with Gasteiger partial charge in [0.2, 0.25) is 5.91 Å². The van der Waals surface area contributed by atoms with Crippen LogP contribution in [0.1, 0.15) is 25.7 Å². The summed E-state index contributed by atoms with van der Waals surface area (Å²) in [6, 6.07) is 7.75. The maximum absolute atomic E-state index is 12.6. The van der Waals surface area contributed by atoms with Gasteiger partial charge in [-0.15, -0.1) is 12.4 Å². The van der Waals surface area contributed by atoms with Gasteiger partial charge in [-0.25, -0.2) is 4.98 Å². The van der Waals surface area contributed by atoms with Crippen molar-refractivity contribution in [2.45, 2.75) is 38.3 Å². The monoisotopic (exact) mass is 376 g/mol. The number of carbonyl (C=O) groups is 1. The van der Waals surface area contributed by atoms with Gasteiger partial charge >= 0.3 is 0 Å². The minimum Gasteiger partial charge on any atom is -0.341 e. The summed E-state index contributed by atoms with van der Waals surface area (Å²) in [5, 5.41) is 4.18. The van der Waals surface area contributed by atoms with E-state index in [0.717, 1.165) is 38.4 Å². The van der Waals surface area contributed by atoms with E-state index in [1.165, 1.54) is 23.7 Å². The third-order valence-electron chi connectivity index (χ3n) is 5.28. The molecule has 0 radical (unpaired) electrons. The van der Waals surface area contributed by atoms with E-state index in [1.807, 2.05) is 23.1 Å². The van der Waals surface area contributed by atoms with Crippen molar-refractivity contribution in [2.24, 2.45) is 5.92 Å². The van der Waals surface area contributed by atoms with Gasteiger partial charge in [0.1, 0.15) is 6.54 Å². The number of amides is 1. The largest absolute Gasteiger partial charge is 0.341 e. The molecule has 26 heavy (non-hydrogen) atoms. The van der Waals surface area contributed by atoms with E-state index in [9.17, 15) is 9.59 Å². The van der Waals surface area contributed by atoms with Crippen molar-refractivity contribution in [1.82, 2.24) is 19.8 Å². The number of rotatable bonds is 5. The Hall–Kier alpha value is -1.92. The molecular formula is C19H25ClN4O2. The Kier molecular flexibility index (Phi) is 5.94. The predicted molar refractivity (Wildman–Crippen MR) is 104 cm³/mol. The molecule has 1 N–H and O–H groups in total. The molecule has 1 saturated carbocycles. The van der Waals surface area contributed by atoms with E-state index in [0.29, 0.717) is 16.9 Å². The van der Waals surface area contributed by atoms with Gasteiger partial charge in [-0.05, 0) is 50.3 Å². The quantitative estimate of drug-likeness (QED) is 0.864. The van der Waals surface area contributed by atoms with Crippen LogP contribution < -0.4 is 10.9 Å².